The molecule has 0 radical (unpaired) electrons. The smallest absolute Gasteiger partial charge is 0.237 e. The Balaban J connectivity index is 1.93. The van der Waals surface area contributed by atoms with E-state index in [-0.39, 0.29) is 12.2 Å². The number of anilines is 1. The summed E-state index contributed by atoms with van der Waals surface area (Å²) < 4.78 is 27.2. The van der Waals surface area contributed by atoms with Crippen LogP contribution in [0.2, 0.25) is 10.0 Å². The normalized spacial score (nSPS) is 19.7. The van der Waals surface area contributed by atoms with E-state index in [0.29, 0.717) is 15.6 Å². The van der Waals surface area contributed by atoms with Crippen LogP contribution in [0.5, 0.6) is 0 Å². The van der Waals surface area contributed by atoms with Crippen LogP contribution in [0, 0.1) is 17.6 Å². The highest BCUT2D eigenvalue weighted by Crippen LogP contribution is 2.36. The zero-order valence-electron chi connectivity index (χ0n) is 13.6. The first-order chi connectivity index (χ1) is 12.3. The number of nitrogens with one attached hydrogen (secondary N) is 1. The zero-order valence-corrected chi connectivity index (χ0v) is 15.1. The molecular formula is C18H14Cl2F2N2O2. The first-order valence-corrected chi connectivity index (χ1v) is 8.49. The van der Waals surface area contributed by atoms with Crippen molar-refractivity contribution in [2.45, 2.75) is 5.92 Å². The molecule has 136 valence electrons. The number of carbonyl (C=O) groups is 2. The molecule has 8 heteroatoms. The minimum atomic E-state index is -1.18. The molecule has 3 rings (SSSR count). The zero-order chi connectivity index (χ0) is 19.0. The minimum Gasteiger partial charge on any atom is -0.344 e. The number of halogens is 4. The third-order valence-corrected chi connectivity index (χ3v) is 4.76. The lowest BCUT2D eigenvalue weighted by atomic mass is 9.88. The quantitative estimate of drug-likeness (QED) is 0.791. The lowest BCUT2D eigenvalue weighted by molar-refractivity contribution is -0.135. The van der Waals surface area contributed by atoms with Gasteiger partial charge in [-0.1, -0.05) is 29.3 Å². The molecule has 1 heterocycles. The first kappa shape index (κ1) is 18.6. The summed E-state index contributed by atoms with van der Waals surface area (Å²) in [5.74, 6) is -5.01. The van der Waals surface area contributed by atoms with Gasteiger partial charge in [-0.05, 0) is 35.9 Å². The van der Waals surface area contributed by atoms with Gasteiger partial charge in [-0.2, -0.15) is 0 Å². The Morgan fingerprint density at radius 3 is 2.50 bits per heavy atom. The largest absolute Gasteiger partial charge is 0.344 e. The molecule has 2 atom stereocenters. The Labute approximate surface area is 158 Å². The van der Waals surface area contributed by atoms with Crippen molar-refractivity contribution in [3.63, 3.8) is 0 Å². The summed E-state index contributed by atoms with van der Waals surface area (Å²) in [7, 11) is 1.57. The molecule has 26 heavy (non-hydrogen) atoms. The maximum absolute atomic E-state index is 13.8. The van der Waals surface area contributed by atoms with Crippen molar-refractivity contribution in [2.75, 3.05) is 18.9 Å². The molecule has 4 nitrogen and oxygen atoms in total. The summed E-state index contributed by atoms with van der Waals surface area (Å²) in [6, 6.07) is 8.25. The highest BCUT2D eigenvalue weighted by molar-refractivity contribution is 6.34. The summed E-state index contributed by atoms with van der Waals surface area (Å²) in [4.78, 5) is 26.6. The van der Waals surface area contributed by atoms with Gasteiger partial charge in [0, 0.05) is 29.6 Å². The first-order valence-electron chi connectivity index (χ1n) is 7.73. The molecule has 0 saturated carbocycles. The van der Waals surface area contributed by atoms with Crippen molar-refractivity contribution in [3.8, 4) is 0 Å². The summed E-state index contributed by atoms with van der Waals surface area (Å²) in [6.45, 7) is 0.277. The van der Waals surface area contributed by atoms with E-state index in [0.717, 1.165) is 6.07 Å². The number of hydrogen-bond acceptors (Lipinski definition) is 2. The average Bonchev–Trinajstić information content (AvgIpc) is 2.86. The highest BCUT2D eigenvalue weighted by Gasteiger charge is 2.44. The Bertz CT molecular complexity index is 871. The van der Waals surface area contributed by atoms with Gasteiger partial charge in [0.05, 0.1) is 5.69 Å². The van der Waals surface area contributed by atoms with Crippen molar-refractivity contribution in [1.82, 2.24) is 4.90 Å². The lowest BCUT2D eigenvalue weighted by Crippen LogP contribution is -2.33. The molecule has 0 aliphatic carbocycles. The number of nitrogens with zero attached hydrogens (tertiary/aromatic N) is 1. The van der Waals surface area contributed by atoms with E-state index in [1.54, 1.807) is 25.2 Å². The number of carbonyl (C=O) groups excluding carboxylic acids is 2. The molecule has 0 unspecified atom stereocenters. The van der Waals surface area contributed by atoms with Crippen molar-refractivity contribution in [1.29, 1.82) is 0 Å². The van der Waals surface area contributed by atoms with Crippen molar-refractivity contribution in [2.24, 2.45) is 5.92 Å². The van der Waals surface area contributed by atoms with E-state index in [4.69, 9.17) is 23.2 Å². The van der Waals surface area contributed by atoms with E-state index in [1.807, 2.05) is 0 Å². The van der Waals surface area contributed by atoms with Crippen LogP contribution in [0.15, 0.2) is 36.4 Å². The summed E-state index contributed by atoms with van der Waals surface area (Å²) >= 11 is 12.0. The Morgan fingerprint density at radius 2 is 1.85 bits per heavy atom. The number of amides is 2. The van der Waals surface area contributed by atoms with Crippen LogP contribution in [0.3, 0.4) is 0 Å². The fourth-order valence-corrected chi connectivity index (χ4v) is 3.64. The van der Waals surface area contributed by atoms with Gasteiger partial charge < -0.3 is 10.2 Å². The second kappa shape index (κ2) is 7.21. The van der Waals surface area contributed by atoms with Crippen LogP contribution in [-0.2, 0) is 9.59 Å². The molecule has 1 aliphatic rings. The van der Waals surface area contributed by atoms with Gasteiger partial charge in [0.1, 0.15) is 5.92 Å². The van der Waals surface area contributed by atoms with Crippen LogP contribution in [0.1, 0.15) is 11.5 Å². The van der Waals surface area contributed by atoms with Gasteiger partial charge in [0.15, 0.2) is 11.6 Å². The van der Waals surface area contributed by atoms with Crippen LogP contribution in [0.4, 0.5) is 14.5 Å². The molecule has 1 N–H and O–H groups in total. The predicted molar refractivity (Wildman–Crippen MR) is 95.3 cm³/mol. The van der Waals surface area contributed by atoms with Crippen LogP contribution >= 0.6 is 23.2 Å². The van der Waals surface area contributed by atoms with Gasteiger partial charge in [0.25, 0.3) is 0 Å². The highest BCUT2D eigenvalue weighted by atomic mass is 35.5. The molecule has 1 fully saturated rings. The standard InChI is InChI=1S/C18H14Cl2F2N2O2/c1-24-8-12(9-5-10(19)7-11(20)6-9)15(18(24)26)17(25)23-14-4-2-3-13(21)16(14)22/h2-7,12,15H,8H2,1H3,(H,23,25)/t12-,15+/m1/s1. The Morgan fingerprint density at radius 1 is 1.19 bits per heavy atom. The van der Waals surface area contributed by atoms with E-state index in [1.165, 1.54) is 17.0 Å². The second-order valence-electron chi connectivity index (χ2n) is 6.10. The lowest BCUT2D eigenvalue weighted by Gasteiger charge is -2.18. The monoisotopic (exact) mass is 398 g/mol. The topological polar surface area (TPSA) is 49.4 Å². The molecule has 0 bridgehead atoms. The van der Waals surface area contributed by atoms with Crippen LogP contribution in [-0.4, -0.2) is 30.3 Å². The second-order valence-corrected chi connectivity index (χ2v) is 6.97. The van der Waals surface area contributed by atoms with Gasteiger partial charge in [-0.15, -0.1) is 0 Å². The molecule has 0 spiro atoms. The van der Waals surface area contributed by atoms with Crippen LogP contribution in [0.25, 0.3) is 0 Å². The van der Waals surface area contributed by atoms with Gasteiger partial charge in [0.2, 0.25) is 11.8 Å². The van der Waals surface area contributed by atoms with Crippen molar-refractivity contribution < 1.29 is 18.4 Å². The van der Waals surface area contributed by atoms with E-state index in [2.05, 4.69) is 5.32 Å². The summed E-state index contributed by atoms with van der Waals surface area (Å²) in [5.41, 5.74) is 0.306. The molecule has 1 aliphatic heterocycles. The van der Waals surface area contributed by atoms with Crippen molar-refractivity contribution >= 4 is 40.7 Å². The van der Waals surface area contributed by atoms with Crippen LogP contribution < -0.4 is 5.32 Å². The average molecular weight is 399 g/mol. The number of benzene rings is 2. The van der Waals surface area contributed by atoms with Gasteiger partial charge >= 0.3 is 0 Å². The third kappa shape index (κ3) is 3.52. The number of likely N-dealkylation sites (tertiary alicyclic amines) is 1. The SMILES string of the molecule is CN1C[C@H](c2cc(Cl)cc(Cl)c2)[C@@H](C(=O)Nc2cccc(F)c2F)C1=O. The Hall–Kier alpha value is -2.18. The van der Waals surface area contributed by atoms with Gasteiger partial charge in [-0.25, -0.2) is 8.78 Å². The van der Waals surface area contributed by atoms with E-state index < -0.39 is 35.3 Å². The Kier molecular flexibility index (Phi) is 5.16. The maximum Gasteiger partial charge on any atom is 0.237 e. The molecule has 1 saturated heterocycles. The number of hydrogen-bond donors (Lipinski definition) is 1. The maximum atomic E-state index is 13.8. The molecule has 0 aromatic heterocycles. The van der Waals surface area contributed by atoms with E-state index in [9.17, 15) is 18.4 Å². The van der Waals surface area contributed by atoms with E-state index >= 15 is 0 Å². The summed E-state index contributed by atoms with van der Waals surface area (Å²) in [6.07, 6.45) is 0. The number of rotatable bonds is 3. The molecule has 2 aromatic carbocycles. The fourth-order valence-electron chi connectivity index (χ4n) is 3.09. The molecular weight excluding hydrogens is 385 g/mol. The summed E-state index contributed by atoms with van der Waals surface area (Å²) in [5, 5.41) is 3.06. The fraction of sp³-hybridized carbons (Fsp3) is 0.222. The predicted octanol–water partition coefficient (Wildman–Crippen LogP) is 4.08. The van der Waals surface area contributed by atoms with Crippen molar-refractivity contribution in [3.05, 3.63) is 63.6 Å². The molecule has 2 amide bonds. The van der Waals surface area contributed by atoms with Gasteiger partial charge in [-0.3, -0.25) is 9.59 Å². The third-order valence-electron chi connectivity index (χ3n) is 4.32. The number of likely N-dealkylation sites (N-methyl/N-ethyl adjacent to an activating group) is 1. The molecule has 2 aromatic rings. The minimum absolute atomic E-state index is 0.277.